The number of rotatable bonds is 4. The van der Waals surface area contributed by atoms with Crippen LogP contribution in [0.15, 0.2) is 34.2 Å². The second kappa shape index (κ2) is 6.55. The third-order valence-corrected chi connectivity index (χ3v) is 5.77. The van der Waals surface area contributed by atoms with Gasteiger partial charge in [0.25, 0.3) is 5.56 Å². The maximum Gasteiger partial charge on any atom is 0.257 e. The van der Waals surface area contributed by atoms with Gasteiger partial charge in [-0.15, -0.1) is 0 Å². The summed E-state index contributed by atoms with van der Waals surface area (Å²) in [6.07, 6.45) is 2.92. The number of thioether (sulfide) groups is 1. The summed E-state index contributed by atoms with van der Waals surface area (Å²) in [6.45, 7) is 0. The fourth-order valence-corrected chi connectivity index (χ4v) is 4.62. The third-order valence-electron chi connectivity index (χ3n) is 4.67. The van der Waals surface area contributed by atoms with Crippen LogP contribution in [0.2, 0.25) is 0 Å². The predicted octanol–water partition coefficient (Wildman–Crippen LogP) is 2.42. The lowest BCUT2D eigenvalue weighted by atomic mass is 10.2. The minimum absolute atomic E-state index is 0.0394. The highest BCUT2D eigenvalue weighted by atomic mass is 32.2. The maximum atomic E-state index is 12.8. The van der Waals surface area contributed by atoms with Gasteiger partial charge in [0, 0.05) is 17.7 Å². The molecule has 0 saturated heterocycles. The molecule has 1 N–H and O–H groups in total. The van der Waals surface area contributed by atoms with E-state index in [0.29, 0.717) is 17.2 Å². The van der Waals surface area contributed by atoms with Crippen molar-refractivity contribution in [3.63, 3.8) is 0 Å². The summed E-state index contributed by atoms with van der Waals surface area (Å²) in [5.41, 5.74) is 2.46. The van der Waals surface area contributed by atoms with Crippen LogP contribution in [0.1, 0.15) is 30.1 Å². The first-order valence-electron chi connectivity index (χ1n) is 8.37. The molecule has 1 unspecified atom stereocenters. The minimum atomic E-state index is -0.152. The van der Waals surface area contributed by atoms with Crippen LogP contribution in [0.5, 0.6) is 5.75 Å². The van der Waals surface area contributed by atoms with E-state index >= 15 is 0 Å². The summed E-state index contributed by atoms with van der Waals surface area (Å²) in [5, 5.41) is 3.63. The molecule has 0 bridgehead atoms. The van der Waals surface area contributed by atoms with Crippen LogP contribution in [0.25, 0.3) is 0 Å². The van der Waals surface area contributed by atoms with Crippen LogP contribution in [-0.4, -0.2) is 28.3 Å². The molecule has 0 fully saturated rings. The smallest absolute Gasteiger partial charge is 0.257 e. The van der Waals surface area contributed by atoms with Gasteiger partial charge in [-0.25, -0.2) is 4.98 Å². The number of amides is 1. The van der Waals surface area contributed by atoms with Crippen molar-refractivity contribution < 1.29 is 9.53 Å². The number of para-hydroxylation sites is 2. The second-order valence-corrected chi connectivity index (χ2v) is 7.25. The first-order valence-corrected chi connectivity index (χ1v) is 9.36. The Morgan fingerprint density at radius 1 is 1.40 bits per heavy atom. The van der Waals surface area contributed by atoms with E-state index in [2.05, 4.69) is 10.3 Å². The highest BCUT2D eigenvalue weighted by Gasteiger charge is 2.31. The SMILES string of the molecule is COc1ccccc1NC(=O)CC1CSc2nc3c(c(=O)n21)CCC3. The zero-order valence-electron chi connectivity index (χ0n) is 13.9. The van der Waals surface area contributed by atoms with Gasteiger partial charge >= 0.3 is 0 Å². The number of aryl methyl sites for hydroxylation is 1. The molecule has 1 aromatic carbocycles. The molecule has 7 heteroatoms. The van der Waals surface area contributed by atoms with Crippen molar-refractivity contribution in [3.8, 4) is 5.75 Å². The molecule has 4 rings (SSSR count). The average Bonchev–Trinajstić information content (AvgIpc) is 3.23. The third kappa shape index (κ3) is 2.93. The van der Waals surface area contributed by atoms with Crippen LogP contribution >= 0.6 is 11.8 Å². The monoisotopic (exact) mass is 357 g/mol. The van der Waals surface area contributed by atoms with Gasteiger partial charge in [-0.1, -0.05) is 23.9 Å². The minimum Gasteiger partial charge on any atom is -0.495 e. The van der Waals surface area contributed by atoms with E-state index in [1.165, 1.54) is 0 Å². The molecule has 2 aromatic rings. The number of benzene rings is 1. The van der Waals surface area contributed by atoms with Crippen molar-refractivity contribution in [2.24, 2.45) is 0 Å². The maximum absolute atomic E-state index is 12.8. The molecular weight excluding hydrogens is 338 g/mol. The first kappa shape index (κ1) is 16.2. The summed E-state index contributed by atoms with van der Waals surface area (Å²) >= 11 is 1.56. The van der Waals surface area contributed by atoms with Gasteiger partial charge in [-0.2, -0.15) is 0 Å². The Morgan fingerprint density at radius 2 is 2.24 bits per heavy atom. The van der Waals surface area contributed by atoms with Crippen molar-refractivity contribution in [2.45, 2.75) is 36.9 Å². The molecule has 0 spiro atoms. The Kier molecular flexibility index (Phi) is 4.25. The number of ether oxygens (including phenoxy) is 1. The van der Waals surface area contributed by atoms with Crippen LogP contribution < -0.4 is 15.6 Å². The predicted molar refractivity (Wildman–Crippen MR) is 96.5 cm³/mol. The molecule has 25 heavy (non-hydrogen) atoms. The number of hydrogen-bond acceptors (Lipinski definition) is 5. The number of nitrogens with one attached hydrogen (secondary N) is 1. The van der Waals surface area contributed by atoms with Crippen molar-refractivity contribution >= 4 is 23.4 Å². The van der Waals surface area contributed by atoms with E-state index in [9.17, 15) is 9.59 Å². The van der Waals surface area contributed by atoms with Gasteiger partial charge in [-0.3, -0.25) is 14.2 Å². The highest BCUT2D eigenvalue weighted by molar-refractivity contribution is 7.99. The lowest BCUT2D eigenvalue weighted by Gasteiger charge is -2.15. The average molecular weight is 357 g/mol. The van der Waals surface area contributed by atoms with E-state index in [-0.39, 0.29) is 23.9 Å². The Bertz CT molecular complexity index is 894. The Labute approximate surface area is 149 Å². The van der Waals surface area contributed by atoms with Crippen molar-refractivity contribution in [2.75, 3.05) is 18.2 Å². The summed E-state index contributed by atoms with van der Waals surface area (Å²) in [4.78, 5) is 29.9. The van der Waals surface area contributed by atoms with Gasteiger partial charge in [0.15, 0.2) is 5.16 Å². The number of fused-ring (bicyclic) bond motifs is 2. The van der Waals surface area contributed by atoms with Crippen LogP contribution in [-0.2, 0) is 17.6 Å². The molecule has 1 atom stereocenters. The molecule has 1 aliphatic heterocycles. The molecule has 1 amide bonds. The van der Waals surface area contributed by atoms with Gasteiger partial charge in [0.05, 0.1) is 24.5 Å². The Morgan fingerprint density at radius 3 is 3.08 bits per heavy atom. The quantitative estimate of drug-likeness (QED) is 0.851. The van der Waals surface area contributed by atoms with Crippen LogP contribution in [0, 0.1) is 0 Å². The molecule has 1 aromatic heterocycles. The van der Waals surface area contributed by atoms with Crippen LogP contribution in [0.4, 0.5) is 5.69 Å². The molecule has 0 saturated carbocycles. The van der Waals surface area contributed by atoms with E-state index < -0.39 is 0 Å². The zero-order chi connectivity index (χ0) is 17.4. The lowest BCUT2D eigenvalue weighted by molar-refractivity contribution is -0.116. The molecular formula is C18H19N3O3S. The van der Waals surface area contributed by atoms with Crippen molar-refractivity contribution in [1.29, 1.82) is 0 Å². The van der Waals surface area contributed by atoms with E-state index in [1.807, 2.05) is 12.1 Å². The fraction of sp³-hybridized carbons (Fsp3) is 0.389. The lowest BCUT2D eigenvalue weighted by Crippen LogP contribution is -2.30. The number of methoxy groups -OCH3 is 1. The van der Waals surface area contributed by atoms with Gasteiger partial charge in [-0.05, 0) is 31.4 Å². The number of hydrogen-bond donors (Lipinski definition) is 1. The van der Waals surface area contributed by atoms with Crippen molar-refractivity contribution in [1.82, 2.24) is 9.55 Å². The summed E-state index contributed by atoms with van der Waals surface area (Å²) < 4.78 is 6.98. The highest BCUT2D eigenvalue weighted by Crippen LogP contribution is 2.34. The molecule has 2 heterocycles. The zero-order valence-corrected chi connectivity index (χ0v) is 14.8. The van der Waals surface area contributed by atoms with Gasteiger partial charge < -0.3 is 10.1 Å². The van der Waals surface area contributed by atoms with Gasteiger partial charge in [0.2, 0.25) is 5.91 Å². The first-order chi connectivity index (χ1) is 12.2. The number of carbonyl (C=O) groups is 1. The largest absolute Gasteiger partial charge is 0.495 e. The molecule has 2 aliphatic rings. The van der Waals surface area contributed by atoms with Crippen molar-refractivity contribution in [3.05, 3.63) is 45.9 Å². The number of nitrogens with zero attached hydrogens (tertiary/aromatic N) is 2. The molecule has 1 aliphatic carbocycles. The fourth-order valence-electron chi connectivity index (χ4n) is 3.47. The molecule has 6 nitrogen and oxygen atoms in total. The second-order valence-electron chi connectivity index (χ2n) is 6.27. The Hall–Kier alpha value is -2.28. The Balaban J connectivity index is 1.54. The topological polar surface area (TPSA) is 73.2 Å². The summed E-state index contributed by atoms with van der Waals surface area (Å²) in [6, 6.07) is 7.14. The normalized spacial score (nSPS) is 17.9. The summed E-state index contributed by atoms with van der Waals surface area (Å²) in [5.74, 6) is 1.19. The van der Waals surface area contributed by atoms with Crippen LogP contribution in [0.3, 0.4) is 0 Å². The number of anilines is 1. The molecule has 0 radical (unpaired) electrons. The number of aromatic nitrogens is 2. The van der Waals surface area contributed by atoms with E-state index in [4.69, 9.17) is 4.74 Å². The molecule has 130 valence electrons. The number of carbonyl (C=O) groups excluding carboxylic acids is 1. The van der Waals surface area contributed by atoms with Gasteiger partial charge in [0.1, 0.15) is 5.75 Å². The standard InChI is InChI=1S/C18H19N3O3S/c1-24-15-8-3-2-6-14(15)19-16(22)9-11-10-25-18-20-13-7-4-5-12(13)17(23)21(11)18/h2-3,6,8,11H,4-5,7,9-10H2,1H3,(H,19,22). The van der Waals surface area contributed by atoms with E-state index in [0.717, 1.165) is 35.7 Å². The summed E-state index contributed by atoms with van der Waals surface area (Å²) in [7, 11) is 1.57. The van der Waals surface area contributed by atoms with E-state index in [1.54, 1.807) is 35.6 Å².